The number of anilines is 2. The minimum absolute atomic E-state index is 0.546. The Morgan fingerprint density at radius 1 is 1.26 bits per heavy atom. The second kappa shape index (κ2) is 4.91. The highest BCUT2D eigenvalue weighted by Crippen LogP contribution is 2.39. The molecule has 0 aliphatic heterocycles. The van der Waals surface area contributed by atoms with E-state index in [2.05, 4.69) is 16.4 Å². The molecule has 1 aromatic heterocycles. The lowest BCUT2D eigenvalue weighted by Crippen LogP contribution is -1.99. The van der Waals surface area contributed by atoms with Crippen molar-refractivity contribution in [2.45, 2.75) is 18.8 Å². The number of nitriles is 1. The summed E-state index contributed by atoms with van der Waals surface area (Å²) in [5.74, 6) is 1.17. The van der Waals surface area contributed by atoms with Crippen molar-refractivity contribution in [1.29, 1.82) is 5.26 Å². The zero-order valence-corrected chi connectivity index (χ0v) is 11.0. The maximum absolute atomic E-state index is 9.14. The molecule has 19 heavy (non-hydrogen) atoms. The number of aromatic nitrogens is 1. The molecule has 0 bridgehead atoms. The van der Waals surface area contributed by atoms with Crippen molar-refractivity contribution in [2.75, 3.05) is 5.32 Å². The predicted molar refractivity (Wildman–Crippen MR) is 75.7 cm³/mol. The minimum Gasteiger partial charge on any atom is -0.339 e. The van der Waals surface area contributed by atoms with Crippen molar-refractivity contribution in [2.24, 2.45) is 0 Å². The first-order chi connectivity index (χ1) is 9.26. The van der Waals surface area contributed by atoms with Gasteiger partial charge in [0.05, 0.1) is 5.56 Å². The zero-order chi connectivity index (χ0) is 13.2. The normalized spacial score (nSPS) is 13.9. The molecule has 0 saturated heterocycles. The molecule has 2 aromatic rings. The number of rotatable bonds is 3. The van der Waals surface area contributed by atoms with Gasteiger partial charge in [0, 0.05) is 22.3 Å². The average Bonchev–Trinajstić information content (AvgIpc) is 3.23. The van der Waals surface area contributed by atoms with Crippen LogP contribution in [0.2, 0.25) is 5.02 Å². The second-order valence-electron chi connectivity index (χ2n) is 4.65. The highest BCUT2D eigenvalue weighted by molar-refractivity contribution is 6.30. The van der Waals surface area contributed by atoms with E-state index in [0.29, 0.717) is 22.3 Å². The third kappa shape index (κ3) is 2.69. The SMILES string of the molecule is N#Cc1ccc(C2CC2)nc1Nc1cccc(Cl)c1. The lowest BCUT2D eigenvalue weighted by molar-refractivity contribution is 1.02. The molecule has 1 N–H and O–H groups in total. The molecule has 0 amide bonds. The molecule has 1 fully saturated rings. The van der Waals surface area contributed by atoms with Crippen LogP contribution in [0, 0.1) is 11.3 Å². The van der Waals surface area contributed by atoms with Gasteiger partial charge >= 0.3 is 0 Å². The minimum atomic E-state index is 0.546. The van der Waals surface area contributed by atoms with Crippen molar-refractivity contribution in [3.8, 4) is 6.07 Å². The summed E-state index contributed by atoms with van der Waals surface area (Å²) in [6.07, 6.45) is 2.38. The van der Waals surface area contributed by atoms with Gasteiger partial charge in [-0.2, -0.15) is 5.26 Å². The highest BCUT2D eigenvalue weighted by Gasteiger charge is 2.25. The van der Waals surface area contributed by atoms with Crippen molar-refractivity contribution in [3.63, 3.8) is 0 Å². The lowest BCUT2D eigenvalue weighted by atomic mass is 10.2. The van der Waals surface area contributed by atoms with Crippen LogP contribution in [-0.4, -0.2) is 4.98 Å². The van der Waals surface area contributed by atoms with Crippen LogP contribution >= 0.6 is 11.6 Å². The lowest BCUT2D eigenvalue weighted by Gasteiger charge is -2.09. The first-order valence-corrected chi connectivity index (χ1v) is 6.57. The molecule has 1 aromatic carbocycles. The van der Waals surface area contributed by atoms with Gasteiger partial charge in [0.1, 0.15) is 11.9 Å². The van der Waals surface area contributed by atoms with Crippen LogP contribution in [0.3, 0.4) is 0 Å². The van der Waals surface area contributed by atoms with E-state index in [9.17, 15) is 0 Å². The average molecular weight is 270 g/mol. The van der Waals surface area contributed by atoms with Crippen LogP contribution in [0.5, 0.6) is 0 Å². The molecule has 94 valence electrons. The highest BCUT2D eigenvalue weighted by atomic mass is 35.5. The Balaban J connectivity index is 1.94. The van der Waals surface area contributed by atoms with Gasteiger partial charge in [-0.1, -0.05) is 17.7 Å². The van der Waals surface area contributed by atoms with Crippen molar-refractivity contribution < 1.29 is 0 Å². The van der Waals surface area contributed by atoms with Crippen LogP contribution < -0.4 is 5.32 Å². The van der Waals surface area contributed by atoms with Gasteiger partial charge < -0.3 is 5.32 Å². The Morgan fingerprint density at radius 2 is 2.11 bits per heavy atom. The third-order valence-electron chi connectivity index (χ3n) is 3.12. The van der Waals surface area contributed by atoms with Crippen molar-refractivity contribution in [1.82, 2.24) is 4.98 Å². The van der Waals surface area contributed by atoms with E-state index in [1.165, 1.54) is 12.8 Å². The zero-order valence-electron chi connectivity index (χ0n) is 10.2. The van der Waals surface area contributed by atoms with Gasteiger partial charge in [0.2, 0.25) is 0 Å². The molecule has 1 aliphatic rings. The summed E-state index contributed by atoms with van der Waals surface area (Å²) in [6, 6.07) is 13.3. The van der Waals surface area contributed by atoms with E-state index >= 15 is 0 Å². The molecule has 3 rings (SSSR count). The van der Waals surface area contributed by atoms with E-state index in [0.717, 1.165) is 11.4 Å². The summed E-state index contributed by atoms with van der Waals surface area (Å²) in [6.45, 7) is 0. The molecule has 1 aliphatic carbocycles. The molecular weight excluding hydrogens is 258 g/mol. The quantitative estimate of drug-likeness (QED) is 0.907. The molecule has 1 saturated carbocycles. The Kier molecular flexibility index (Phi) is 3.10. The third-order valence-corrected chi connectivity index (χ3v) is 3.36. The van der Waals surface area contributed by atoms with Crippen LogP contribution in [0.4, 0.5) is 11.5 Å². The van der Waals surface area contributed by atoms with Gasteiger partial charge in [0.25, 0.3) is 0 Å². The summed E-state index contributed by atoms with van der Waals surface area (Å²) in [5.41, 5.74) is 2.44. The van der Waals surface area contributed by atoms with Crippen LogP contribution in [0.1, 0.15) is 30.0 Å². The summed E-state index contributed by atoms with van der Waals surface area (Å²) in [4.78, 5) is 4.55. The van der Waals surface area contributed by atoms with Crippen molar-refractivity contribution in [3.05, 3.63) is 52.7 Å². The topological polar surface area (TPSA) is 48.7 Å². The van der Waals surface area contributed by atoms with E-state index in [1.54, 1.807) is 0 Å². The molecule has 4 heteroatoms. The monoisotopic (exact) mass is 269 g/mol. The number of halogens is 1. The Labute approximate surface area is 116 Å². The summed E-state index contributed by atoms with van der Waals surface area (Å²) in [5, 5.41) is 13.0. The van der Waals surface area contributed by atoms with Gasteiger partial charge in [-0.15, -0.1) is 0 Å². The summed E-state index contributed by atoms with van der Waals surface area (Å²) >= 11 is 5.95. The van der Waals surface area contributed by atoms with Gasteiger partial charge in [0.15, 0.2) is 0 Å². The number of benzene rings is 1. The predicted octanol–water partition coefficient (Wildman–Crippen LogP) is 4.23. The second-order valence-corrected chi connectivity index (χ2v) is 5.09. The maximum Gasteiger partial charge on any atom is 0.148 e. The van der Waals surface area contributed by atoms with Gasteiger partial charge in [-0.05, 0) is 43.2 Å². The summed E-state index contributed by atoms with van der Waals surface area (Å²) < 4.78 is 0. The fourth-order valence-corrected chi connectivity index (χ4v) is 2.16. The fourth-order valence-electron chi connectivity index (χ4n) is 1.97. The number of nitrogens with one attached hydrogen (secondary N) is 1. The summed E-state index contributed by atoms with van der Waals surface area (Å²) in [7, 11) is 0. The van der Waals surface area contributed by atoms with Gasteiger partial charge in [-0.25, -0.2) is 4.98 Å². The van der Waals surface area contributed by atoms with E-state index in [-0.39, 0.29) is 0 Å². The molecule has 0 unspecified atom stereocenters. The van der Waals surface area contributed by atoms with Gasteiger partial charge in [-0.3, -0.25) is 0 Å². The number of pyridine rings is 1. The Bertz CT molecular complexity index is 657. The van der Waals surface area contributed by atoms with Crippen LogP contribution in [0.25, 0.3) is 0 Å². The number of hydrogen-bond acceptors (Lipinski definition) is 3. The largest absolute Gasteiger partial charge is 0.339 e. The van der Waals surface area contributed by atoms with E-state index in [4.69, 9.17) is 16.9 Å². The molecule has 0 atom stereocenters. The Morgan fingerprint density at radius 3 is 2.79 bits per heavy atom. The van der Waals surface area contributed by atoms with Crippen LogP contribution in [0.15, 0.2) is 36.4 Å². The molecule has 0 spiro atoms. The molecular formula is C15H12ClN3. The van der Waals surface area contributed by atoms with Crippen molar-refractivity contribution >= 4 is 23.1 Å². The smallest absolute Gasteiger partial charge is 0.148 e. The van der Waals surface area contributed by atoms with E-state index < -0.39 is 0 Å². The standard InChI is InChI=1S/C15H12ClN3/c16-12-2-1-3-13(8-12)18-15-11(9-17)6-7-14(19-15)10-4-5-10/h1-3,6-8,10H,4-5H2,(H,18,19). The maximum atomic E-state index is 9.14. The molecule has 1 heterocycles. The first kappa shape index (κ1) is 12.0. The van der Waals surface area contributed by atoms with Crippen LogP contribution in [-0.2, 0) is 0 Å². The molecule has 3 nitrogen and oxygen atoms in total. The number of nitrogens with zero attached hydrogens (tertiary/aromatic N) is 2. The first-order valence-electron chi connectivity index (χ1n) is 6.20. The number of hydrogen-bond donors (Lipinski definition) is 1. The van der Waals surface area contributed by atoms with E-state index in [1.807, 2.05) is 36.4 Å². The fraction of sp³-hybridized carbons (Fsp3) is 0.200. The molecule has 0 radical (unpaired) electrons. The Hall–Kier alpha value is -2.05.